The van der Waals surface area contributed by atoms with E-state index in [1.807, 2.05) is 18.3 Å². The predicted molar refractivity (Wildman–Crippen MR) is 101 cm³/mol. The molecule has 136 valence electrons. The highest BCUT2D eigenvalue weighted by molar-refractivity contribution is 5.80. The van der Waals surface area contributed by atoms with Crippen LogP contribution in [0.25, 0.3) is 10.9 Å². The molecule has 0 spiro atoms. The normalized spacial score (nSPS) is 18.8. The van der Waals surface area contributed by atoms with Crippen LogP contribution >= 0.6 is 0 Å². The van der Waals surface area contributed by atoms with Crippen LogP contribution < -0.4 is 5.32 Å². The second-order valence-electron chi connectivity index (χ2n) is 7.27. The van der Waals surface area contributed by atoms with Crippen LogP contribution in [-0.4, -0.2) is 54.3 Å². The second kappa shape index (κ2) is 8.50. The van der Waals surface area contributed by atoms with E-state index in [1.165, 1.54) is 10.9 Å². The molecule has 1 aromatic heterocycles. The van der Waals surface area contributed by atoms with Gasteiger partial charge in [-0.05, 0) is 23.4 Å². The third-order valence-corrected chi connectivity index (χ3v) is 4.63. The van der Waals surface area contributed by atoms with Gasteiger partial charge in [0.1, 0.15) is 0 Å². The summed E-state index contributed by atoms with van der Waals surface area (Å²) in [5.74, 6) is 0.743. The lowest BCUT2D eigenvalue weighted by molar-refractivity contribution is -0.122. The molecule has 1 aromatic carbocycles. The van der Waals surface area contributed by atoms with Crippen LogP contribution in [0.3, 0.4) is 0 Å². The Kier molecular flexibility index (Phi) is 6.10. The Bertz CT molecular complexity index is 695. The second-order valence-corrected chi connectivity index (χ2v) is 7.27. The number of nitrogens with one attached hydrogen (secondary N) is 1. The smallest absolute Gasteiger partial charge is 0.221 e. The number of benzene rings is 1. The largest absolute Gasteiger partial charge is 0.374 e. The number of fused-ring (bicyclic) bond motifs is 1. The molecule has 0 unspecified atom stereocenters. The average Bonchev–Trinajstić information content (AvgIpc) is 3.01. The fourth-order valence-corrected chi connectivity index (χ4v) is 3.46. The molecule has 25 heavy (non-hydrogen) atoms. The number of carbonyl (C=O) groups is 1. The zero-order chi connectivity index (χ0) is 17.6. The van der Waals surface area contributed by atoms with Gasteiger partial charge in [-0.25, -0.2) is 0 Å². The highest BCUT2D eigenvalue weighted by Crippen LogP contribution is 2.15. The summed E-state index contributed by atoms with van der Waals surface area (Å²) >= 11 is 0. The van der Waals surface area contributed by atoms with Crippen molar-refractivity contribution in [3.8, 4) is 0 Å². The van der Waals surface area contributed by atoms with Crippen LogP contribution in [0.5, 0.6) is 0 Å². The summed E-state index contributed by atoms with van der Waals surface area (Å²) in [6.45, 7) is 9.50. The zero-order valence-electron chi connectivity index (χ0n) is 15.3. The first-order chi connectivity index (χ1) is 12.1. The van der Waals surface area contributed by atoms with Crippen LogP contribution in [-0.2, 0) is 16.1 Å². The van der Waals surface area contributed by atoms with Crippen LogP contribution in [0.4, 0.5) is 0 Å². The van der Waals surface area contributed by atoms with Crippen molar-refractivity contribution >= 4 is 16.8 Å². The molecule has 1 fully saturated rings. The molecule has 0 saturated carbocycles. The van der Waals surface area contributed by atoms with Gasteiger partial charge in [0.25, 0.3) is 0 Å². The summed E-state index contributed by atoms with van der Waals surface area (Å²) in [4.78, 5) is 14.6. The Balaban J connectivity index is 1.42. The third kappa shape index (κ3) is 5.06. The van der Waals surface area contributed by atoms with Gasteiger partial charge in [-0.1, -0.05) is 32.0 Å². The Hall–Kier alpha value is -1.85. The Morgan fingerprint density at radius 1 is 1.32 bits per heavy atom. The first-order valence-electron chi connectivity index (χ1n) is 9.26. The molecular weight excluding hydrogens is 314 g/mol. The standard InChI is InChI=1S/C20H29N3O2/c1-16(2)14-22-11-12-25-18(15-22)13-21-20(24)8-10-23-9-7-17-5-3-4-6-19(17)23/h3-7,9,16,18H,8,10-15H2,1-2H3,(H,21,24)/t18-/m1/s1. The maximum atomic E-state index is 12.2. The van der Waals surface area contributed by atoms with Crippen molar-refractivity contribution < 1.29 is 9.53 Å². The third-order valence-electron chi connectivity index (χ3n) is 4.63. The number of nitrogens with zero attached hydrogens (tertiary/aromatic N) is 2. The van der Waals surface area contributed by atoms with Crippen LogP contribution in [0.1, 0.15) is 20.3 Å². The molecule has 1 aliphatic rings. The maximum Gasteiger partial charge on any atom is 0.221 e. The van der Waals surface area contributed by atoms with Crippen molar-refractivity contribution in [2.75, 3.05) is 32.8 Å². The molecule has 1 N–H and O–H groups in total. The van der Waals surface area contributed by atoms with Gasteiger partial charge in [-0.3, -0.25) is 9.69 Å². The molecular formula is C20H29N3O2. The number of amides is 1. The molecule has 3 rings (SSSR count). The summed E-state index contributed by atoms with van der Waals surface area (Å²) in [5, 5.41) is 4.24. The van der Waals surface area contributed by atoms with Crippen molar-refractivity contribution in [3.05, 3.63) is 36.5 Å². The van der Waals surface area contributed by atoms with Gasteiger partial charge >= 0.3 is 0 Å². The minimum absolute atomic E-state index is 0.0855. The van der Waals surface area contributed by atoms with Crippen molar-refractivity contribution in [1.82, 2.24) is 14.8 Å². The van der Waals surface area contributed by atoms with E-state index in [0.29, 0.717) is 25.4 Å². The number of carbonyl (C=O) groups excluding carboxylic acids is 1. The van der Waals surface area contributed by atoms with Crippen molar-refractivity contribution in [1.29, 1.82) is 0 Å². The number of rotatable bonds is 7. The van der Waals surface area contributed by atoms with E-state index in [2.05, 4.69) is 46.8 Å². The fourth-order valence-electron chi connectivity index (χ4n) is 3.46. The van der Waals surface area contributed by atoms with Crippen molar-refractivity contribution in [3.63, 3.8) is 0 Å². The molecule has 2 heterocycles. The van der Waals surface area contributed by atoms with Gasteiger partial charge in [0, 0.05) is 50.9 Å². The molecule has 0 radical (unpaired) electrons. The quantitative estimate of drug-likeness (QED) is 0.840. The predicted octanol–water partition coefficient (Wildman–Crippen LogP) is 2.50. The summed E-state index contributed by atoms with van der Waals surface area (Å²) < 4.78 is 7.92. The fraction of sp³-hybridized carbons (Fsp3) is 0.550. The van der Waals surface area contributed by atoms with E-state index >= 15 is 0 Å². The van der Waals surface area contributed by atoms with Gasteiger partial charge < -0.3 is 14.6 Å². The molecule has 1 amide bonds. The van der Waals surface area contributed by atoms with E-state index in [1.54, 1.807) is 0 Å². The Labute approximate surface area is 149 Å². The summed E-state index contributed by atoms with van der Waals surface area (Å²) in [7, 11) is 0. The lowest BCUT2D eigenvalue weighted by Gasteiger charge is -2.33. The number of hydrogen-bond donors (Lipinski definition) is 1. The van der Waals surface area contributed by atoms with Crippen molar-refractivity contribution in [2.24, 2.45) is 5.92 Å². The van der Waals surface area contributed by atoms with Gasteiger partial charge in [-0.2, -0.15) is 0 Å². The van der Waals surface area contributed by atoms with Gasteiger partial charge in [-0.15, -0.1) is 0 Å². The molecule has 5 nitrogen and oxygen atoms in total. The van der Waals surface area contributed by atoms with E-state index in [4.69, 9.17) is 4.74 Å². The molecule has 1 aliphatic heterocycles. The molecule has 5 heteroatoms. The van der Waals surface area contributed by atoms with Crippen LogP contribution in [0, 0.1) is 5.92 Å². The highest BCUT2D eigenvalue weighted by Gasteiger charge is 2.21. The lowest BCUT2D eigenvalue weighted by atomic mass is 10.2. The minimum Gasteiger partial charge on any atom is -0.374 e. The lowest BCUT2D eigenvalue weighted by Crippen LogP contribution is -2.48. The highest BCUT2D eigenvalue weighted by atomic mass is 16.5. The number of morpholine rings is 1. The topological polar surface area (TPSA) is 46.5 Å². The van der Waals surface area contributed by atoms with Crippen LogP contribution in [0.2, 0.25) is 0 Å². The monoisotopic (exact) mass is 343 g/mol. The summed E-state index contributed by atoms with van der Waals surface area (Å²) in [6, 6.07) is 10.3. The molecule has 1 atom stereocenters. The number of aryl methyl sites for hydroxylation is 1. The summed E-state index contributed by atoms with van der Waals surface area (Å²) in [5.41, 5.74) is 1.18. The number of ether oxygens (including phenoxy) is 1. The van der Waals surface area contributed by atoms with E-state index in [0.717, 1.165) is 26.2 Å². The SMILES string of the molecule is CC(C)CN1CCO[C@H](CNC(=O)CCn2ccc3ccccc32)C1. The molecule has 0 aliphatic carbocycles. The first-order valence-corrected chi connectivity index (χ1v) is 9.26. The van der Waals surface area contributed by atoms with Gasteiger partial charge in [0.2, 0.25) is 5.91 Å². The van der Waals surface area contributed by atoms with Gasteiger partial charge in [0.05, 0.1) is 12.7 Å². The van der Waals surface area contributed by atoms with E-state index in [-0.39, 0.29) is 12.0 Å². The number of hydrogen-bond acceptors (Lipinski definition) is 3. The summed E-state index contributed by atoms with van der Waals surface area (Å²) in [6.07, 6.45) is 2.64. The Morgan fingerprint density at radius 2 is 2.16 bits per heavy atom. The minimum atomic E-state index is 0.0855. The van der Waals surface area contributed by atoms with Crippen LogP contribution in [0.15, 0.2) is 36.5 Å². The maximum absolute atomic E-state index is 12.2. The van der Waals surface area contributed by atoms with E-state index < -0.39 is 0 Å². The Morgan fingerprint density at radius 3 is 3.00 bits per heavy atom. The van der Waals surface area contributed by atoms with Gasteiger partial charge in [0.15, 0.2) is 0 Å². The average molecular weight is 343 g/mol. The first kappa shape index (κ1) is 18.0. The van der Waals surface area contributed by atoms with E-state index in [9.17, 15) is 4.79 Å². The zero-order valence-corrected chi connectivity index (χ0v) is 15.3. The number of aromatic nitrogens is 1. The molecule has 0 bridgehead atoms. The molecule has 2 aromatic rings. The number of para-hydroxylation sites is 1. The molecule has 1 saturated heterocycles. The van der Waals surface area contributed by atoms with Crippen molar-refractivity contribution in [2.45, 2.75) is 32.9 Å².